The van der Waals surface area contributed by atoms with Crippen LogP contribution in [-0.4, -0.2) is 74.7 Å². The van der Waals surface area contributed by atoms with Gasteiger partial charge in [0, 0.05) is 35.8 Å². The van der Waals surface area contributed by atoms with E-state index in [1.165, 1.54) is 25.7 Å². The molecule has 2 fully saturated rings. The average Bonchev–Trinajstić information content (AvgIpc) is 3.64. The third-order valence-corrected chi connectivity index (χ3v) is 7.52. The molecule has 0 saturated carbocycles. The molecular formula is C29H39N3O4. The van der Waals surface area contributed by atoms with E-state index in [2.05, 4.69) is 16.7 Å². The summed E-state index contributed by atoms with van der Waals surface area (Å²) < 4.78 is 18.6. The van der Waals surface area contributed by atoms with Crippen LogP contribution in [0.3, 0.4) is 0 Å². The molecule has 1 aliphatic carbocycles. The van der Waals surface area contributed by atoms with Crippen LogP contribution in [0.15, 0.2) is 24.3 Å². The number of nitrogens with zero attached hydrogens (tertiary/aromatic N) is 2. The predicted octanol–water partition coefficient (Wildman–Crippen LogP) is 4.61. The van der Waals surface area contributed by atoms with Gasteiger partial charge in [-0.2, -0.15) is 0 Å². The van der Waals surface area contributed by atoms with E-state index >= 15 is 0 Å². The Kier molecular flexibility index (Phi) is 7.97. The van der Waals surface area contributed by atoms with Crippen LogP contribution in [0.1, 0.15) is 61.4 Å². The molecule has 0 aromatic heterocycles. The molecule has 7 nitrogen and oxygen atoms in total. The average molecular weight is 494 g/mol. The van der Waals surface area contributed by atoms with Crippen molar-refractivity contribution in [2.24, 2.45) is 0 Å². The summed E-state index contributed by atoms with van der Waals surface area (Å²) in [7, 11) is 0. The number of carbonyl (C=O) groups is 1. The number of anilines is 1. The summed E-state index contributed by atoms with van der Waals surface area (Å²) in [5.74, 6) is 1.79. The molecule has 2 heterocycles. The molecule has 5 rings (SSSR count). The Balaban J connectivity index is 1.43. The number of fused-ring (bicyclic) bond motifs is 3. The zero-order chi connectivity index (χ0) is 24.9. The number of likely N-dealkylation sites (tertiary alicyclic amines) is 2. The number of ether oxygens (including phenoxy) is 3. The molecule has 2 aliphatic heterocycles. The van der Waals surface area contributed by atoms with E-state index in [4.69, 9.17) is 19.9 Å². The molecule has 2 saturated heterocycles. The van der Waals surface area contributed by atoms with Gasteiger partial charge in [0.1, 0.15) is 30.5 Å². The molecule has 0 amide bonds. The molecule has 0 radical (unpaired) electrons. The van der Waals surface area contributed by atoms with Gasteiger partial charge in [-0.15, -0.1) is 0 Å². The largest absolute Gasteiger partial charge is 0.493 e. The quantitative estimate of drug-likeness (QED) is 0.292. The molecule has 0 atom stereocenters. The second-order valence-electron chi connectivity index (χ2n) is 10.0. The molecule has 2 N–H and O–H groups in total. The first-order chi connectivity index (χ1) is 17.7. The van der Waals surface area contributed by atoms with E-state index < -0.39 is 0 Å². The molecule has 2 aromatic carbocycles. The van der Waals surface area contributed by atoms with Crippen LogP contribution in [0.4, 0.5) is 5.69 Å². The van der Waals surface area contributed by atoms with Gasteiger partial charge in [0.15, 0.2) is 5.78 Å². The molecule has 7 heteroatoms. The van der Waals surface area contributed by atoms with E-state index in [1.54, 1.807) is 0 Å². The fraction of sp³-hybridized carbons (Fsp3) is 0.552. The smallest absolute Gasteiger partial charge is 0.196 e. The van der Waals surface area contributed by atoms with Gasteiger partial charge in [-0.25, -0.2) is 0 Å². The Morgan fingerprint density at radius 2 is 1.39 bits per heavy atom. The summed E-state index contributed by atoms with van der Waals surface area (Å²) in [6, 6.07) is 7.55. The summed E-state index contributed by atoms with van der Waals surface area (Å²) in [5, 5.41) is 0. The second-order valence-corrected chi connectivity index (χ2v) is 10.0. The van der Waals surface area contributed by atoms with Crippen molar-refractivity contribution in [3.8, 4) is 28.4 Å². The highest BCUT2D eigenvalue weighted by Gasteiger charge is 2.36. The number of nitrogens with two attached hydrogens (primary N) is 1. The Morgan fingerprint density at radius 1 is 0.778 bits per heavy atom. The molecular weight excluding hydrogens is 454 g/mol. The van der Waals surface area contributed by atoms with Crippen molar-refractivity contribution in [2.45, 2.75) is 45.4 Å². The van der Waals surface area contributed by atoms with Crippen LogP contribution in [0.2, 0.25) is 0 Å². The normalized spacial score (nSPS) is 17.4. The minimum absolute atomic E-state index is 0.0900. The van der Waals surface area contributed by atoms with E-state index in [9.17, 15) is 4.79 Å². The van der Waals surface area contributed by atoms with Crippen molar-refractivity contribution in [1.82, 2.24) is 9.80 Å². The lowest BCUT2D eigenvalue weighted by atomic mass is 10.0. The van der Waals surface area contributed by atoms with Crippen LogP contribution in [0, 0.1) is 0 Å². The van der Waals surface area contributed by atoms with E-state index in [0.717, 1.165) is 63.2 Å². The maximum atomic E-state index is 13.6. The van der Waals surface area contributed by atoms with E-state index in [0.29, 0.717) is 53.9 Å². The molecule has 0 unspecified atom stereocenters. The minimum Gasteiger partial charge on any atom is -0.493 e. The SMILES string of the molecule is CCCCOc1cc(OCCN2CCCC2)c(N)c2c1-c1c(OCCN3CCCC3)cccc1C2=O. The molecule has 2 aromatic rings. The van der Waals surface area contributed by atoms with Crippen molar-refractivity contribution < 1.29 is 19.0 Å². The first-order valence-electron chi connectivity index (χ1n) is 13.6. The van der Waals surface area contributed by atoms with Crippen LogP contribution in [0.25, 0.3) is 11.1 Å². The summed E-state index contributed by atoms with van der Waals surface area (Å²) in [6.07, 6.45) is 6.94. The topological polar surface area (TPSA) is 77.3 Å². The number of unbranched alkanes of at least 4 members (excludes halogenated alkanes) is 1. The van der Waals surface area contributed by atoms with Gasteiger partial charge in [0.05, 0.1) is 17.9 Å². The highest BCUT2D eigenvalue weighted by atomic mass is 16.5. The lowest BCUT2D eigenvalue weighted by molar-refractivity contribution is 0.104. The van der Waals surface area contributed by atoms with Crippen molar-refractivity contribution in [3.05, 3.63) is 35.4 Å². The first-order valence-corrected chi connectivity index (χ1v) is 13.6. The third-order valence-electron chi connectivity index (χ3n) is 7.52. The zero-order valence-corrected chi connectivity index (χ0v) is 21.5. The number of ketones is 1. The van der Waals surface area contributed by atoms with Crippen LogP contribution >= 0.6 is 0 Å². The number of hydrogen-bond acceptors (Lipinski definition) is 7. The summed E-state index contributed by atoms with van der Waals surface area (Å²) in [4.78, 5) is 18.4. The number of benzene rings is 2. The van der Waals surface area contributed by atoms with Crippen LogP contribution in [0.5, 0.6) is 17.2 Å². The summed E-state index contributed by atoms with van der Waals surface area (Å²) in [5.41, 5.74) is 9.61. The Bertz CT molecular complexity index is 1070. The fourth-order valence-electron chi connectivity index (χ4n) is 5.51. The van der Waals surface area contributed by atoms with Gasteiger partial charge in [-0.3, -0.25) is 14.6 Å². The van der Waals surface area contributed by atoms with Gasteiger partial charge in [0.2, 0.25) is 0 Å². The summed E-state index contributed by atoms with van der Waals surface area (Å²) in [6.45, 7) is 10.0. The molecule has 3 aliphatic rings. The molecule has 0 bridgehead atoms. The van der Waals surface area contributed by atoms with E-state index in [1.807, 2.05) is 24.3 Å². The Labute approximate surface area is 214 Å². The monoisotopic (exact) mass is 493 g/mol. The van der Waals surface area contributed by atoms with Crippen molar-refractivity contribution in [2.75, 3.05) is 64.8 Å². The van der Waals surface area contributed by atoms with Gasteiger partial charge in [-0.1, -0.05) is 25.5 Å². The first kappa shape index (κ1) is 24.9. The number of carbonyl (C=O) groups excluding carboxylic acids is 1. The highest BCUT2D eigenvalue weighted by molar-refractivity contribution is 6.26. The Morgan fingerprint density at radius 3 is 2.03 bits per heavy atom. The maximum absolute atomic E-state index is 13.6. The fourth-order valence-corrected chi connectivity index (χ4v) is 5.51. The highest BCUT2D eigenvalue weighted by Crippen LogP contribution is 2.52. The van der Waals surface area contributed by atoms with Gasteiger partial charge in [-0.05, 0) is 64.3 Å². The zero-order valence-electron chi connectivity index (χ0n) is 21.5. The number of nitrogen functional groups attached to an aromatic ring is 1. The Hall–Kier alpha value is -2.77. The maximum Gasteiger partial charge on any atom is 0.196 e. The van der Waals surface area contributed by atoms with Crippen LogP contribution in [-0.2, 0) is 0 Å². The van der Waals surface area contributed by atoms with Crippen molar-refractivity contribution in [1.29, 1.82) is 0 Å². The predicted molar refractivity (Wildman–Crippen MR) is 142 cm³/mol. The summed E-state index contributed by atoms with van der Waals surface area (Å²) >= 11 is 0. The van der Waals surface area contributed by atoms with Gasteiger partial charge >= 0.3 is 0 Å². The van der Waals surface area contributed by atoms with Crippen LogP contribution < -0.4 is 19.9 Å². The second kappa shape index (κ2) is 11.5. The number of rotatable bonds is 12. The van der Waals surface area contributed by atoms with Crippen molar-refractivity contribution in [3.63, 3.8) is 0 Å². The molecule has 0 spiro atoms. The van der Waals surface area contributed by atoms with Gasteiger partial charge < -0.3 is 19.9 Å². The standard InChI is InChI=1S/C29H39N3O4/c1-2-3-17-34-23-20-24(36-19-16-32-13-6-7-14-32)28(30)27-26(23)25-21(29(27)33)9-8-10-22(25)35-18-15-31-11-4-5-12-31/h8-10,20H,2-7,11-19,30H2,1H3. The number of hydrogen-bond donors (Lipinski definition) is 1. The lowest BCUT2D eigenvalue weighted by Gasteiger charge is -2.20. The third kappa shape index (κ3) is 5.18. The molecule has 194 valence electrons. The minimum atomic E-state index is -0.0900. The van der Waals surface area contributed by atoms with E-state index in [-0.39, 0.29) is 5.78 Å². The molecule has 36 heavy (non-hydrogen) atoms. The van der Waals surface area contributed by atoms with Gasteiger partial charge in [0.25, 0.3) is 0 Å². The lowest BCUT2D eigenvalue weighted by Crippen LogP contribution is -2.25. The van der Waals surface area contributed by atoms with Crippen molar-refractivity contribution >= 4 is 11.5 Å².